The van der Waals surface area contributed by atoms with Crippen LogP contribution >= 0.6 is 0 Å². The average Bonchev–Trinajstić information content (AvgIpc) is 3.14. The third-order valence-corrected chi connectivity index (χ3v) is 4.31. The van der Waals surface area contributed by atoms with Gasteiger partial charge in [0, 0.05) is 37.9 Å². The largest absolute Gasteiger partial charge is 0.435 e. The number of nitrogens with one attached hydrogen (secondary N) is 1. The summed E-state index contributed by atoms with van der Waals surface area (Å²) < 4.78 is 39.7. The Labute approximate surface area is 132 Å². The molecule has 1 aliphatic heterocycles. The molecule has 8 heteroatoms. The molecule has 0 spiro atoms. The van der Waals surface area contributed by atoms with Crippen LogP contribution in [0, 0.1) is 0 Å². The van der Waals surface area contributed by atoms with E-state index in [0.29, 0.717) is 5.69 Å². The zero-order valence-corrected chi connectivity index (χ0v) is 13.0. The first-order chi connectivity index (χ1) is 10.9. The Morgan fingerprint density at radius 3 is 2.87 bits per heavy atom. The van der Waals surface area contributed by atoms with E-state index < -0.39 is 11.9 Å². The predicted octanol–water partition coefficient (Wildman–Crippen LogP) is 2.58. The lowest BCUT2D eigenvalue weighted by Gasteiger charge is -2.32. The molecule has 0 aliphatic carbocycles. The number of hydrogen-bond acceptors (Lipinski definition) is 3. The third-order valence-electron chi connectivity index (χ3n) is 4.31. The van der Waals surface area contributed by atoms with Crippen LogP contribution in [-0.4, -0.2) is 44.5 Å². The van der Waals surface area contributed by atoms with Crippen molar-refractivity contribution in [1.82, 2.24) is 24.9 Å². The van der Waals surface area contributed by atoms with Gasteiger partial charge in [0.05, 0.1) is 6.20 Å². The maximum absolute atomic E-state index is 12.7. The van der Waals surface area contributed by atoms with E-state index in [9.17, 15) is 13.2 Å². The van der Waals surface area contributed by atoms with Crippen molar-refractivity contribution in [2.24, 2.45) is 7.05 Å². The Morgan fingerprint density at radius 2 is 2.22 bits per heavy atom. The predicted molar refractivity (Wildman–Crippen MR) is 78.9 cm³/mol. The second-order valence-electron chi connectivity index (χ2n) is 6.12. The zero-order valence-electron chi connectivity index (χ0n) is 13.0. The number of piperidine rings is 1. The van der Waals surface area contributed by atoms with Gasteiger partial charge in [-0.2, -0.15) is 23.4 Å². The zero-order chi connectivity index (χ0) is 16.4. The molecular formula is C15H20F3N5. The van der Waals surface area contributed by atoms with Crippen LogP contribution in [0.1, 0.15) is 35.7 Å². The molecule has 3 heterocycles. The minimum absolute atomic E-state index is 0.0845. The highest BCUT2D eigenvalue weighted by molar-refractivity contribution is 5.16. The van der Waals surface area contributed by atoms with Crippen LogP contribution in [0.5, 0.6) is 0 Å². The molecule has 1 atom stereocenters. The third kappa shape index (κ3) is 3.93. The van der Waals surface area contributed by atoms with E-state index in [2.05, 4.69) is 20.2 Å². The van der Waals surface area contributed by atoms with Crippen LogP contribution in [0.3, 0.4) is 0 Å². The molecule has 0 unspecified atom stereocenters. The van der Waals surface area contributed by atoms with Gasteiger partial charge >= 0.3 is 6.18 Å². The van der Waals surface area contributed by atoms with Crippen LogP contribution in [0.4, 0.5) is 13.2 Å². The van der Waals surface area contributed by atoms with E-state index in [1.165, 1.54) is 5.56 Å². The molecule has 0 bridgehead atoms. The minimum atomic E-state index is -4.39. The summed E-state index contributed by atoms with van der Waals surface area (Å²) in [6.45, 7) is 2.64. The number of alkyl halides is 3. The van der Waals surface area contributed by atoms with Gasteiger partial charge in [0.25, 0.3) is 0 Å². The summed E-state index contributed by atoms with van der Waals surface area (Å²) in [4.78, 5) is 2.30. The number of halogens is 3. The normalized spacial score (nSPS) is 20.1. The van der Waals surface area contributed by atoms with Gasteiger partial charge in [-0.25, -0.2) is 0 Å². The maximum atomic E-state index is 12.7. The number of aromatic nitrogens is 4. The smallest absolute Gasteiger partial charge is 0.302 e. The van der Waals surface area contributed by atoms with Crippen molar-refractivity contribution in [3.8, 4) is 0 Å². The minimum Gasteiger partial charge on any atom is -0.302 e. The second-order valence-corrected chi connectivity index (χ2v) is 6.12. The van der Waals surface area contributed by atoms with Crippen LogP contribution in [-0.2, 0) is 19.6 Å². The Hall–Kier alpha value is -1.83. The molecule has 1 fully saturated rings. The number of nitrogens with zero attached hydrogens (tertiary/aromatic N) is 4. The van der Waals surface area contributed by atoms with Gasteiger partial charge in [-0.05, 0) is 37.4 Å². The van der Waals surface area contributed by atoms with Gasteiger partial charge in [0.15, 0.2) is 5.69 Å². The summed E-state index contributed by atoms with van der Waals surface area (Å²) in [5.41, 5.74) is 0.930. The first-order valence-electron chi connectivity index (χ1n) is 7.74. The van der Waals surface area contributed by atoms with Gasteiger partial charge in [-0.1, -0.05) is 0 Å². The number of likely N-dealkylation sites (tertiary alicyclic amines) is 1. The Morgan fingerprint density at radius 1 is 1.39 bits per heavy atom. The average molecular weight is 327 g/mol. The summed E-state index contributed by atoms with van der Waals surface area (Å²) in [6, 6.07) is 1.15. The molecular weight excluding hydrogens is 307 g/mol. The lowest BCUT2D eigenvalue weighted by molar-refractivity contribution is -0.141. The molecule has 5 nitrogen and oxygen atoms in total. The molecule has 1 saturated heterocycles. The molecule has 1 aliphatic rings. The maximum Gasteiger partial charge on any atom is 0.435 e. The van der Waals surface area contributed by atoms with Crippen LogP contribution in [0.15, 0.2) is 18.5 Å². The molecule has 0 amide bonds. The van der Waals surface area contributed by atoms with Crippen molar-refractivity contribution >= 4 is 0 Å². The molecule has 0 radical (unpaired) electrons. The molecule has 3 rings (SSSR count). The number of hydrogen-bond donors (Lipinski definition) is 1. The molecule has 1 N–H and O–H groups in total. The molecule has 126 valence electrons. The van der Waals surface area contributed by atoms with E-state index in [4.69, 9.17) is 0 Å². The van der Waals surface area contributed by atoms with Gasteiger partial charge in [0.2, 0.25) is 0 Å². The first-order valence-corrected chi connectivity index (χ1v) is 7.74. The fourth-order valence-electron chi connectivity index (χ4n) is 3.09. The summed E-state index contributed by atoms with van der Waals surface area (Å²) in [7, 11) is 1.89. The molecule has 2 aromatic rings. The van der Waals surface area contributed by atoms with Crippen molar-refractivity contribution in [1.29, 1.82) is 0 Å². The topological polar surface area (TPSA) is 49.7 Å². The van der Waals surface area contributed by atoms with E-state index in [1.807, 2.05) is 19.4 Å². The van der Waals surface area contributed by atoms with Crippen molar-refractivity contribution in [2.45, 2.75) is 31.4 Å². The second kappa shape index (κ2) is 6.35. The van der Waals surface area contributed by atoms with Crippen molar-refractivity contribution < 1.29 is 13.2 Å². The van der Waals surface area contributed by atoms with E-state index in [-0.39, 0.29) is 5.92 Å². The van der Waals surface area contributed by atoms with Gasteiger partial charge in [-0.15, -0.1) is 0 Å². The summed E-state index contributed by atoms with van der Waals surface area (Å²) in [6.07, 6.45) is 2.24. The quantitative estimate of drug-likeness (QED) is 0.939. The lowest BCUT2D eigenvalue weighted by Crippen LogP contribution is -2.35. The lowest BCUT2D eigenvalue weighted by atomic mass is 9.94. The van der Waals surface area contributed by atoms with Gasteiger partial charge < -0.3 is 4.90 Å². The molecule has 0 saturated carbocycles. The number of rotatable bonds is 4. The van der Waals surface area contributed by atoms with E-state index in [1.54, 1.807) is 4.68 Å². The Bertz CT molecular complexity index is 646. The number of H-pyrrole nitrogens is 1. The van der Waals surface area contributed by atoms with Crippen LogP contribution in [0.2, 0.25) is 0 Å². The number of aryl methyl sites for hydroxylation is 1. The number of aromatic amines is 1. The van der Waals surface area contributed by atoms with Gasteiger partial charge in [0.1, 0.15) is 0 Å². The molecule has 0 aromatic carbocycles. The summed E-state index contributed by atoms with van der Waals surface area (Å²) >= 11 is 0. The van der Waals surface area contributed by atoms with Crippen molar-refractivity contribution in [3.63, 3.8) is 0 Å². The van der Waals surface area contributed by atoms with Crippen molar-refractivity contribution in [3.05, 3.63) is 35.4 Å². The monoisotopic (exact) mass is 327 g/mol. The van der Waals surface area contributed by atoms with Crippen LogP contribution < -0.4 is 0 Å². The highest BCUT2D eigenvalue weighted by atomic mass is 19.4. The Balaban J connectivity index is 1.58. The SMILES string of the molecule is Cn1cc(CCN2CCC[C@@H](c3cc(C(F)(F)F)n[nH]3)C2)cn1. The highest BCUT2D eigenvalue weighted by Crippen LogP contribution is 2.31. The summed E-state index contributed by atoms with van der Waals surface area (Å²) in [5, 5.41) is 10.1. The molecule has 2 aromatic heterocycles. The van der Waals surface area contributed by atoms with E-state index in [0.717, 1.165) is 45.0 Å². The summed E-state index contributed by atoms with van der Waals surface area (Å²) in [5.74, 6) is 0.0845. The fourth-order valence-corrected chi connectivity index (χ4v) is 3.09. The van der Waals surface area contributed by atoms with Gasteiger partial charge in [-0.3, -0.25) is 9.78 Å². The van der Waals surface area contributed by atoms with Crippen molar-refractivity contribution in [2.75, 3.05) is 19.6 Å². The Kier molecular flexibility index (Phi) is 4.43. The van der Waals surface area contributed by atoms with E-state index >= 15 is 0 Å². The fraction of sp³-hybridized carbons (Fsp3) is 0.600. The van der Waals surface area contributed by atoms with Crippen LogP contribution in [0.25, 0.3) is 0 Å². The molecule has 23 heavy (non-hydrogen) atoms. The standard InChI is InChI=1S/C15H20F3N5/c1-22-9-11(8-19-22)4-6-23-5-2-3-12(10-23)13-7-14(21-20-13)15(16,17)18/h7-9,12H,2-6,10H2,1H3,(H,20,21)/t12-/m1/s1. The first kappa shape index (κ1) is 16.0. The highest BCUT2D eigenvalue weighted by Gasteiger charge is 2.35.